The van der Waals surface area contributed by atoms with Crippen molar-refractivity contribution >= 4 is 45.6 Å². The average Bonchev–Trinajstić information content (AvgIpc) is 3.72. The number of aromatic nitrogens is 4. The maximum atomic E-state index is 12.4. The first-order chi connectivity index (χ1) is 28.9. The summed E-state index contributed by atoms with van der Waals surface area (Å²) in [5.74, 6) is 0.278. The fourth-order valence-corrected chi connectivity index (χ4v) is 7.75. The highest BCUT2D eigenvalue weighted by molar-refractivity contribution is 5.85. The van der Waals surface area contributed by atoms with Crippen LogP contribution in [0, 0.1) is 11.8 Å². The second kappa shape index (κ2) is 20.4. The minimum absolute atomic E-state index is 0.0622. The van der Waals surface area contributed by atoms with Crippen molar-refractivity contribution in [1.29, 1.82) is 0 Å². The number of rotatable bonds is 12. The molecule has 0 radical (unpaired) electrons. The van der Waals surface area contributed by atoms with Gasteiger partial charge in [-0.15, -0.1) is 0 Å². The molecule has 0 atom stereocenters. The molecule has 0 aromatic carbocycles. The molecule has 0 amide bonds. The number of nitrogens with one attached hydrogen (secondary N) is 2. The van der Waals surface area contributed by atoms with Crippen LogP contribution in [0.4, 0.5) is 0 Å². The molecule has 3 saturated carbocycles. The van der Waals surface area contributed by atoms with Gasteiger partial charge in [0, 0.05) is 25.0 Å². The van der Waals surface area contributed by atoms with E-state index in [1.807, 2.05) is 27.7 Å². The van der Waals surface area contributed by atoms with Crippen LogP contribution in [0.3, 0.4) is 0 Å². The molecule has 4 aromatic heterocycles. The highest BCUT2D eigenvalue weighted by Gasteiger charge is 2.25. The lowest BCUT2D eigenvalue weighted by molar-refractivity contribution is -0.150. The topological polar surface area (TPSA) is 248 Å². The number of esters is 2. The lowest BCUT2D eigenvalue weighted by Gasteiger charge is -2.22. The van der Waals surface area contributed by atoms with E-state index in [2.05, 4.69) is 30.2 Å². The highest BCUT2D eigenvalue weighted by Crippen LogP contribution is 2.29. The van der Waals surface area contributed by atoms with Crippen molar-refractivity contribution in [2.45, 2.75) is 143 Å². The van der Waals surface area contributed by atoms with Gasteiger partial charge in [-0.1, -0.05) is 24.2 Å². The Hall–Kier alpha value is -5.94. The summed E-state index contributed by atoms with van der Waals surface area (Å²) < 4.78 is 20.8. The van der Waals surface area contributed by atoms with Gasteiger partial charge in [-0.05, 0) is 127 Å². The number of nitrogens with zero attached hydrogens (tertiary/aromatic N) is 4. The van der Waals surface area contributed by atoms with Gasteiger partial charge in [-0.2, -0.15) is 9.97 Å². The Morgan fingerprint density at radius 2 is 1.13 bits per heavy atom. The zero-order valence-electron chi connectivity index (χ0n) is 34.5. The number of ether oxygens (including phenoxy) is 2. The molecule has 0 unspecified atom stereocenters. The quantitative estimate of drug-likeness (QED) is 0.124. The number of carbonyl (C=O) groups is 2. The molecule has 0 bridgehead atoms. The van der Waals surface area contributed by atoms with E-state index in [4.69, 9.17) is 28.0 Å². The predicted molar refractivity (Wildman–Crippen MR) is 219 cm³/mol. The van der Waals surface area contributed by atoms with E-state index < -0.39 is 22.4 Å². The molecule has 18 nitrogen and oxygen atoms in total. The number of H-pyrrole nitrogens is 2. The number of fused-ring (bicyclic) bond motifs is 2. The van der Waals surface area contributed by atoms with Crippen molar-refractivity contribution in [2.75, 3.05) is 0 Å². The van der Waals surface area contributed by atoms with E-state index in [-0.39, 0.29) is 70.2 Å². The Labute approximate surface area is 344 Å². The Balaban J connectivity index is 0.000000202. The standard InChI is InChI=1S/C22H27N3O6.C20H25N3O6/c1-2-14-12-18(27)30-21-19(14)20(28)23-22(24-21)31-25-15-9-7-13(8-10-15)11-17(26)29-16-5-3-4-6-16;1-4-13-10-16(25)28-19-17(13)18(26)21-20(22-19)29-23-14-7-5-12(6-8-14)9-15(24)27-11(2)3/h12-13,16H,2-11H2,1H3,(H,23,24,28);10-12H,4-9H2,1-3H3,(H,21,22,26). The summed E-state index contributed by atoms with van der Waals surface area (Å²) in [5.41, 5.74) is 0.650. The van der Waals surface area contributed by atoms with Gasteiger partial charge in [-0.3, -0.25) is 29.1 Å². The van der Waals surface area contributed by atoms with Crippen LogP contribution in [0.25, 0.3) is 22.2 Å². The molecule has 60 heavy (non-hydrogen) atoms. The lowest BCUT2D eigenvalue weighted by Crippen LogP contribution is -2.21. The normalized spacial score (nSPS) is 18.2. The van der Waals surface area contributed by atoms with E-state index in [1.165, 1.54) is 12.1 Å². The number of hydrogen-bond donors (Lipinski definition) is 2. The number of oxime groups is 2. The smallest absolute Gasteiger partial charge is 0.337 e. The van der Waals surface area contributed by atoms with Crippen molar-refractivity contribution in [3.63, 3.8) is 0 Å². The van der Waals surface area contributed by atoms with Gasteiger partial charge in [0.15, 0.2) is 0 Å². The van der Waals surface area contributed by atoms with E-state index >= 15 is 0 Å². The molecule has 3 aliphatic rings. The van der Waals surface area contributed by atoms with E-state index in [0.717, 1.165) is 62.8 Å². The van der Waals surface area contributed by atoms with Gasteiger partial charge in [0.05, 0.1) is 17.5 Å². The summed E-state index contributed by atoms with van der Waals surface area (Å²) >= 11 is 0. The van der Waals surface area contributed by atoms with Gasteiger partial charge in [0.25, 0.3) is 11.1 Å². The molecular formula is C42H52N6O12. The van der Waals surface area contributed by atoms with Gasteiger partial charge < -0.3 is 28.0 Å². The van der Waals surface area contributed by atoms with Gasteiger partial charge >= 0.3 is 35.2 Å². The first-order valence-electron chi connectivity index (χ1n) is 20.9. The Bertz CT molecular complexity index is 2460. The van der Waals surface area contributed by atoms with Crippen LogP contribution in [0.5, 0.6) is 12.0 Å². The molecule has 0 spiro atoms. The molecule has 18 heteroatoms. The molecule has 3 aliphatic carbocycles. The van der Waals surface area contributed by atoms with Crippen LogP contribution in [-0.4, -0.2) is 55.5 Å². The fraction of sp³-hybridized carbons (Fsp3) is 0.571. The minimum atomic E-state index is -0.570. The number of hydrogen-bond acceptors (Lipinski definition) is 16. The molecule has 4 aromatic rings. The summed E-state index contributed by atoms with van der Waals surface area (Å²) in [4.78, 5) is 95.7. The van der Waals surface area contributed by atoms with Crippen molar-refractivity contribution in [2.24, 2.45) is 22.1 Å². The first kappa shape index (κ1) is 43.6. The monoisotopic (exact) mass is 832 g/mol. The third-order valence-electron chi connectivity index (χ3n) is 10.9. The molecule has 0 saturated heterocycles. The molecule has 322 valence electrons. The molecule has 0 aliphatic heterocycles. The summed E-state index contributed by atoms with van der Waals surface area (Å²) in [7, 11) is 0. The molecule has 2 N–H and O–H groups in total. The van der Waals surface area contributed by atoms with Crippen molar-refractivity contribution < 1.29 is 37.6 Å². The highest BCUT2D eigenvalue weighted by atomic mass is 16.6. The van der Waals surface area contributed by atoms with Crippen molar-refractivity contribution in [3.8, 4) is 12.0 Å². The van der Waals surface area contributed by atoms with Crippen molar-refractivity contribution in [1.82, 2.24) is 19.9 Å². The molecular weight excluding hydrogens is 780 g/mol. The predicted octanol–water partition coefficient (Wildman–Crippen LogP) is 5.95. The maximum absolute atomic E-state index is 12.4. The SMILES string of the molecule is CCc1cc(=O)oc2nc(ON=C3CCC(CC(=O)OC(C)C)CC3)[nH]c(=O)c12.CCc1cc(=O)oc2nc(ON=C3CCC(CC(=O)OC4CCCC4)CC3)[nH]c(=O)c12. The third kappa shape index (κ3) is 11.8. The number of aromatic amines is 2. The van der Waals surface area contributed by atoms with E-state index in [1.54, 1.807) is 0 Å². The average molecular weight is 833 g/mol. The molecule has 4 heterocycles. The zero-order chi connectivity index (χ0) is 42.8. The van der Waals surface area contributed by atoms with Crippen LogP contribution in [0.2, 0.25) is 0 Å². The zero-order valence-corrected chi connectivity index (χ0v) is 34.5. The second-order valence-electron chi connectivity index (χ2n) is 15.7. The van der Waals surface area contributed by atoms with E-state index in [0.29, 0.717) is 62.5 Å². The van der Waals surface area contributed by atoms with Crippen LogP contribution < -0.4 is 32.0 Å². The third-order valence-corrected chi connectivity index (χ3v) is 10.9. The van der Waals surface area contributed by atoms with Crippen molar-refractivity contribution in [3.05, 3.63) is 64.8 Å². The number of aryl methyl sites for hydroxylation is 2. The van der Waals surface area contributed by atoms with Gasteiger partial charge in [-0.25, -0.2) is 9.59 Å². The Morgan fingerprint density at radius 1 is 0.700 bits per heavy atom. The largest absolute Gasteiger partial charge is 0.463 e. The maximum Gasteiger partial charge on any atom is 0.337 e. The van der Waals surface area contributed by atoms with E-state index in [9.17, 15) is 28.8 Å². The van der Waals surface area contributed by atoms with Gasteiger partial charge in [0.1, 0.15) is 16.9 Å². The fourth-order valence-electron chi connectivity index (χ4n) is 7.75. The summed E-state index contributed by atoms with van der Waals surface area (Å²) in [6.45, 7) is 7.35. The van der Waals surface area contributed by atoms with Crippen LogP contribution in [-0.2, 0) is 31.9 Å². The van der Waals surface area contributed by atoms with Crippen LogP contribution in [0.15, 0.2) is 50.5 Å². The summed E-state index contributed by atoms with van der Waals surface area (Å²) in [6, 6.07) is 2.33. The first-order valence-corrected chi connectivity index (χ1v) is 20.9. The Morgan fingerprint density at radius 3 is 1.55 bits per heavy atom. The second-order valence-corrected chi connectivity index (χ2v) is 15.7. The van der Waals surface area contributed by atoms with Crippen LogP contribution >= 0.6 is 0 Å². The van der Waals surface area contributed by atoms with Crippen LogP contribution in [0.1, 0.15) is 129 Å². The molecule has 3 fully saturated rings. The lowest BCUT2D eigenvalue weighted by atomic mass is 9.86. The van der Waals surface area contributed by atoms with Gasteiger partial charge in [0.2, 0.25) is 11.4 Å². The molecule has 7 rings (SSSR count). The summed E-state index contributed by atoms with van der Waals surface area (Å²) in [5, 5.41) is 8.67. The minimum Gasteiger partial charge on any atom is -0.463 e. The summed E-state index contributed by atoms with van der Waals surface area (Å²) in [6.07, 6.45) is 12.2. The number of carbonyl (C=O) groups excluding carboxylic acids is 2. The Kier molecular flexibility index (Phi) is 14.8.